The highest BCUT2D eigenvalue weighted by atomic mass is 35.5. The average molecular weight is 377 g/mol. The van der Waals surface area contributed by atoms with Gasteiger partial charge in [0.05, 0.1) is 12.2 Å². The molecule has 1 amide bonds. The van der Waals surface area contributed by atoms with Gasteiger partial charge in [-0.1, -0.05) is 26.0 Å². The predicted molar refractivity (Wildman–Crippen MR) is 107 cm³/mol. The van der Waals surface area contributed by atoms with E-state index in [1.165, 1.54) is 0 Å². The first kappa shape index (κ1) is 20.5. The van der Waals surface area contributed by atoms with Gasteiger partial charge < -0.3 is 10.6 Å². The Balaban J connectivity index is 0.00000243. The third kappa shape index (κ3) is 4.27. The lowest BCUT2D eigenvalue weighted by molar-refractivity contribution is 0.0533. The Morgan fingerprint density at radius 1 is 1.31 bits per heavy atom. The summed E-state index contributed by atoms with van der Waals surface area (Å²) in [5.41, 5.74) is 10.1. The van der Waals surface area contributed by atoms with Crippen molar-refractivity contribution < 1.29 is 4.79 Å². The highest BCUT2D eigenvalue weighted by Crippen LogP contribution is 2.28. The fourth-order valence-corrected chi connectivity index (χ4v) is 3.54. The molecule has 3 rings (SSSR count). The summed E-state index contributed by atoms with van der Waals surface area (Å²) in [5.74, 6) is 0.0928. The molecule has 2 aromatic rings. The molecule has 1 fully saturated rings. The molecular weight excluding hydrogens is 348 g/mol. The molecule has 6 heteroatoms. The number of amides is 1. The van der Waals surface area contributed by atoms with E-state index in [9.17, 15) is 4.79 Å². The zero-order valence-corrected chi connectivity index (χ0v) is 16.8. The molecule has 0 aliphatic carbocycles. The van der Waals surface area contributed by atoms with Gasteiger partial charge in [0.25, 0.3) is 5.91 Å². The number of nitrogens with two attached hydrogens (primary N) is 1. The second-order valence-electron chi connectivity index (χ2n) is 7.90. The van der Waals surface area contributed by atoms with Gasteiger partial charge in [-0.3, -0.25) is 9.48 Å². The first-order valence-electron chi connectivity index (χ1n) is 8.91. The quantitative estimate of drug-likeness (QED) is 0.894. The molecule has 1 aliphatic rings. The maximum Gasteiger partial charge on any atom is 0.253 e. The van der Waals surface area contributed by atoms with Gasteiger partial charge in [-0.05, 0) is 49.4 Å². The number of nitrogens with zero attached hydrogens (tertiary/aromatic N) is 3. The Morgan fingerprint density at radius 2 is 2.04 bits per heavy atom. The van der Waals surface area contributed by atoms with Crippen molar-refractivity contribution in [2.24, 2.45) is 11.1 Å². The van der Waals surface area contributed by atoms with E-state index < -0.39 is 0 Å². The maximum absolute atomic E-state index is 12.9. The van der Waals surface area contributed by atoms with Gasteiger partial charge in [0, 0.05) is 30.4 Å². The number of aromatic nitrogens is 2. The average Bonchev–Trinajstić information content (AvgIpc) is 2.87. The third-order valence-electron chi connectivity index (χ3n) is 5.21. The predicted octanol–water partition coefficient (Wildman–Crippen LogP) is 3.17. The van der Waals surface area contributed by atoms with Crippen LogP contribution < -0.4 is 5.73 Å². The van der Waals surface area contributed by atoms with E-state index in [2.05, 4.69) is 25.0 Å². The number of benzene rings is 1. The monoisotopic (exact) mass is 376 g/mol. The number of hydrogen-bond acceptors (Lipinski definition) is 3. The van der Waals surface area contributed by atoms with E-state index in [1.807, 2.05) is 47.7 Å². The number of piperidine rings is 1. The Labute approximate surface area is 162 Å². The Morgan fingerprint density at radius 3 is 2.65 bits per heavy atom. The minimum Gasteiger partial charge on any atom is -0.338 e. The van der Waals surface area contributed by atoms with Crippen molar-refractivity contribution in [2.75, 3.05) is 13.1 Å². The highest BCUT2D eigenvalue weighted by molar-refractivity contribution is 5.94. The number of carbonyl (C=O) groups is 1. The number of rotatable bonds is 3. The molecule has 1 aromatic heterocycles. The van der Waals surface area contributed by atoms with Crippen LogP contribution in [0.25, 0.3) is 0 Å². The lowest BCUT2D eigenvalue weighted by Crippen LogP contribution is -2.54. The molecule has 2 N–H and O–H groups in total. The maximum atomic E-state index is 12.9. The molecular formula is C20H29ClN4O. The van der Waals surface area contributed by atoms with Gasteiger partial charge >= 0.3 is 0 Å². The lowest BCUT2D eigenvalue weighted by Gasteiger charge is -2.42. The molecule has 0 bridgehead atoms. The summed E-state index contributed by atoms with van der Waals surface area (Å²) in [7, 11) is 0. The number of carbonyl (C=O) groups excluding carboxylic acids is 1. The molecule has 1 aromatic carbocycles. The summed E-state index contributed by atoms with van der Waals surface area (Å²) < 4.78 is 1.97. The van der Waals surface area contributed by atoms with Crippen LogP contribution in [0.4, 0.5) is 0 Å². The minimum absolute atomic E-state index is 0. The number of aryl methyl sites for hydroxylation is 2. The highest BCUT2D eigenvalue weighted by Gasteiger charge is 2.35. The number of likely N-dealkylation sites (tertiary alicyclic amines) is 1. The van der Waals surface area contributed by atoms with Gasteiger partial charge in [-0.25, -0.2) is 0 Å². The smallest absolute Gasteiger partial charge is 0.253 e. The molecule has 0 radical (unpaired) electrons. The third-order valence-corrected chi connectivity index (χ3v) is 5.21. The van der Waals surface area contributed by atoms with Crippen molar-refractivity contribution in [3.63, 3.8) is 0 Å². The van der Waals surface area contributed by atoms with Gasteiger partial charge in [0.1, 0.15) is 0 Å². The van der Waals surface area contributed by atoms with Crippen LogP contribution in [-0.4, -0.2) is 39.7 Å². The first-order chi connectivity index (χ1) is 11.8. The Kier molecular flexibility index (Phi) is 6.14. The summed E-state index contributed by atoms with van der Waals surface area (Å²) >= 11 is 0. The first-order valence-corrected chi connectivity index (χ1v) is 8.91. The summed E-state index contributed by atoms with van der Waals surface area (Å²) in [6, 6.07) is 10.1. The summed E-state index contributed by atoms with van der Waals surface area (Å²) in [6.45, 7) is 10.4. The van der Waals surface area contributed by atoms with E-state index >= 15 is 0 Å². The van der Waals surface area contributed by atoms with E-state index in [0.717, 1.165) is 35.5 Å². The van der Waals surface area contributed by atoms with Crippen molar-refractivity contribution in [1.82, 2.24) is 14.7 Å². The van der Waals surface area contributed by atoms with Crippen LogP contribution in [0.5, 0.6) is 0 Å². The van der Waals surface area contributed by atoms with Crippen molar-refractivity contribution in [3.05, 3.63) is 52.8 Å². The van der Waals surface area contributed by atoms with Crippen LogP contribution in [0, 0.1) is 19.3 Å². The topological polar surface area (TPSA) is 64.2 Å². The molecule has 142 valence electrons. The van der Waals surface area contributed by atoms with Crippen LogP contribution >= 0.6 is 12.4 Å². The Bertz CT molecular complexity index is 784. The standard InChI is InChI=1S/C20H28N4O.ClH/c1-14-10-15(2)24(22-14)12-16-6-5-7-17(11-16)19(25)23-9-8-18(21)20(3,4)13-23;/h5-7,10-11,18H,8-9,12-13,21H2,1-4H3;1H. The van der Waals surface area contributed by atoms with Crippen LogP contribution in [0.15, 0.2) is 30.3 Å². The fourth-order valence-electron chi connectivity index (χ4n) is 3.54. The van der Waals surface area contributed by atoms with Crippen molar-refractivity contribution in [1.29, 1.82) is 0 Å². The zero-order valence-electron chi connectivity index (χ0n) is 16.0. The molecule has 1 atom stereocenters. The molecule has 0 spiro atoms. The van der Waals surface area contributed by atoms with E-state index in [0.29, 0.717) is 13.1 Å². The van der Waals surface area contributed by atoms with Crippen LogP contribution in [0.2, 0.25) is 0 Å². The molecule has 0 saturated carbocycles. The number of hydrogen-bond donors (Lipinski definition) is 1. The molecule has 2 heterocycles. The Hall–Kier alpha value is -1.85. The van der Waals surface area contributed by atoms with E-state index in [-0.39, 0.29) is 29.8 Å². The van der Waals surface area contributed by atoms with E-state index in [4.69, 9.17) is 5.73 Å². The largest absolute Gasteiger partial charge is 0.338 e. The molecule has 1 unspecified atom stereocenters. The van der Waals surface area contributed by atoms with Crippen LogP contribution in [-0.2, 0) is 6.54 Å². The fraction of sp³-hybridized carbons (Fsp3) is 0.500. The van der Waals surface area contributed by atoms with Gasteiger partial charge in [-0.2, -0.15) is 5.10 Å². The molecule has 26 heavy (non-hydrogen) atoms. The zero-order chi connectivity index (χ0) is 18.2. The van der Waals surface area contributed by atoms with Gasteiger partial charge in [0.2, 0.25) is 0 Å². The second kappa shape index (κ2) is 7.80. The summed E-state index contributed by atoms with van der Waals surface area (Å²) in [5, 5.41) is 4.50. The molecule has 5 nitrogen and oxygen atoms in total. The normalized spacial score (nSPS) is 19.1. The molecule has 1 aliphatic heterocycles. The van der Waals surface area contributed by atoms with Gasteiger partial charge in [-0.15, -0.1) is 12.4 Å². The van der Waals surface area contributed by atoms with Crippen molar-refractivity contribution >= 4 is 18.3 Å². The summed E-state index contributed by atoms with van der Waals surface area (Å²) in [4.78, 5) is 14.9. The van der Waals surface area contributed by atoms with Crippen molar-refractivity contribution in [2.45, 2.75) is 46.7 Å². The number of halogens is 1. The van der Waals surface area contributed by atoms with Crippen molar-refractivity contribution in [3.8, 4) is 0 Å². The minimum atomic E-state index is -0.0464. The van der Waals surface area contributed by atoms with Crippen LogP contribution in [0.1, 0.15) is 47.6 Å². The van der Waals surface area contributed by atoms with Gasteiger partial charge in [0.15, 0.2) is 0 Å². The summed E-state index contributed by atoms with van der Waals surface area (Å²) in [6.07, 6.45) is 0.851. The lowest BCUT2D eigenvalue weighted by atomic mass is 9.79. The molecule has 1 saturated heterocycles. The van der Waals surface area contributed by atoms with E-state index in [1.54, 1.807) is 0 Å². The second-order valence-corrected chi connectivity index (χ2v) is 7.90. The van der Waals surface area contributed by atoms with Crippen LogP contribution in [0.3, 0.4) is 0 Å². The SMILES string of the molecule is Cc1cc(C)n(Cc2cccc(C(=O)N3CCC(N)C(C)(C)C3)c2)n1.Cl.